The van der Waals surface area contributed by atoms with Crippen LogP contribution in [-0.4, -0.2) is 27.3 Å². The number of hydrogen-bond acceptors (Lipinski definition) is 4. The van der Waals surface area contributed by atoms with Crippen LogP contribution < -0.4 is 11.1 Å². The summed E-state index contributed by atoms with van der Waals surface area (Å²) in [4.78, 5) is 12.1. The normalized spacial score (nSPS) is 12.1. The van der Waals surface area contributed by atoms with E-state index in [1.807, 2.05) is 6.92 Å². The number of aromatic hydroxyl groups is 1. The van der Waals surface area contributed by atoms with Crippen molar-refractivity contribution in [2.75, 3.05) is 5.32 Å². The Bertz CT molecular complexity index is 581. The molecule has 0 fully saturated rings. The number of nitrogens with zero attached hydrogens (tertiary/aromatic N) is 1. The Morgan fingerprint density at radius 3 is 2.95 bits per heavy atom. The fraction of sp³-hybridized carbons (Fsp3) is 0.286. The van der Waals surface area contributed by atoms with Gasteiger partial charge in [-0.2, -0.15) is 5.10 Å². The highest BCUT2D eigenvalue weighted by atomic mass is 16.3. The van der Waals surface area contributed by atoms with Gasteiger partial charge in [-0.3, -0.25) is 9.89 Å². The van der Waals surface area contributed by atoms with E-state index in [9.17, 15) is 9.90 Å². The molecule has 0 aliphatic carbocycles. The number of benzene rings is 1. The molecule has 106 valence electrons. The summed E-state index contributed by atoms with van der Waals surface area (Å²) < 4.78 is 0. The van der Waals surface area contributed by atoms with E-state index in [4.69, 9.17) is 5.73 Å². The summed E-state index contributed by atoms with van der Waals surface area (Å²) >= 11 is 0. The quantitative estimate of drug-likeness (QED) is 0.615. The maximum atomic E-state index is 12.1. The Hall–Kier alpha value is -2.34. The maximum absolute atomic E-state index is 12.1. The minimum absolute atomic E-state index is 0.182. The Balaban J connectivity index is 2.03. The van der Waals surface area contributed by atoms with Gasteiger partial charge in [-0.1, -0.05) is 6.92 Å². The number of H-pyrrole nitrogens is 1. The summed E-state index contributed by atoms with van der Waals surface area (Å²) in [6.07, 6.45) is 2.72. The van der Waals surface area contributed by atoms with E-state index in [1.54, 1.807) is 24.4 Å². The second-order valence-corrected chi connectivity index (χ2v) is 4.58. The number of hydrogen-bond donors (Lipinski definition) is 4. The van der Waals surface area contributed by atoms with Gasteiger partial charge in [-0.15, -0.1) is 0 Å². The first kappa shape index (κ1) is 14.1. The SMILES string of the molecule is CCc1cc(O)ccc1NC(=O)C(N)Cc1ccn[nH]1. The number of anilines is 1. The van der Waals surface area contributed by atoms with Crippen molar-refractivity contribution in [2.45, 2.75) is 25.8 Å². The van der Waals surface area contributed by atoms with E-state index in [0.29, 0.717) is 18.5 Å². The summed E-state index contributed by atoms with van der Waals surface area (Å²) in [7, 11) is 0. The first-order valence-electron chi connectivity index (χ1n) is 6.46. The highest BCUT2D eigenvalue weighted by Gasteiger charge is 2.16. The van der Waals surface area contributed by atoms with Crippen molar-refractivity contribution in [2.24, 2.45) is 5.73 Å². The third-order valence-electron chi connectivity index (χ3n) is 3.06. The predicted octanol–water partition coefficient (Wildman–Crippen LogP) is 1.19. The lowest BCUT2D eigenvalue weighted by molar-refractivity contribution is -0.117. The van der Waals surface area contributed by atoms with Gasteiger partial charge in [0.15, 0.2) is 0 Å². The lowest BCUT2D eigenvalue weighted by Gasteiger charge is -2.14. The Kier molecular flexibility index (Phi) is 4.37. The summed E-state index contributed by atoms with van der Waals surface area (Å²) in [6, 6.07) is 5.97. The summed E-state index contributed by atoms with van der Waals surface area (Å²) in [6.45, 7) is 1.95. The molecule has 6 nitrogen and oxygen atoms in total. The zero-order chi connectivity index (χ0) is 14.5. The fourth-order valence-corrected chi connectivity index (χ4v) is 1.95. The fourth-order valence-electron chi connectivity index (χ4n) is 1.95. The lowest BCUT2D eigenvalue weighted by atomic mass is 10.1. The van der Waals surface area contributed by atoms with E-state index < -0.39 is 6.04 Å². The molecule has 1 heterocycles. The number of phenols is 1. The minimum Gasteiger partial charge on any atom is -0.508 e. The smallest absolute Gasteiger partial charge is 0.241 e. The van der Waals surface area contributed by atoms with Gasteiger partial charge in [0.2, 0.25) is 5.91 Å². The van der Waals surface area contributed by atoms with Crippen LogP contribution in [0.25, 0.3) is 0 Å². The molecular weight excluding hydrogens is 256 g/mol. The van der Waals surface area contributed by atoms with Crippen molar-refractivity contribution in [3.8, 4) is 5.75 Å². The van der Waals surface area contributed by atoms with Gasteiger partial charge in [-0.05, 0) is 36.2 Å². The van der Waals surface area contributed by atoms with Crippen molar-refractivity contribution in [3.63, 3.8) is 0 Å². The Morgan fingerprint density at radius 2 is 2.30 bits per heavy atom. The Labute approximate surface area is 117 Å². The van der Waals surface area contributed by atoms with Gasteiger partial charge in [0.1, 0.15) is 5.75 Å². The standard InChI is InChI=1S/C14H18N4O2/c1-2-9-7-11(19)3-4-13(9)17-14(20)12(15)8-10-5-6-16-18-10/h3-7,12,19H,2,8,15H2,1H3,(H,16,18)(H,17,20). The minimum atomic E-state index is -0.658. The molecule has 6 heteroatoms. The second kappa shape index (κ2) is 6.21. The van der Waals surface area contributed by atoms with Crippen LogP contribution in [0.15, 0.2) is 30.5 Å². The number of aromatic amines is 1. The number of carbonyl (C=O) groups excluding carboxylic acids is 1. The average Bonchev–Trinajstić information content (AvgIpc) is 2.93. The molecule has 0 aliphatic heterocycles. The van der Waals surface area contributed by atoms with E-state index in [-0.39, 0.29) is 11.7 Å². The first-order chi connectivity index (χ1) is 9.60. The number of nitrogens with one attached hydrogen (secondary N) is 2. The maximum Gasteiger partial charge on any atom is 0.241 e. The van der Waals surface area contributed by atoms with Gasteiger partial charge >= 0.3 is 0 Å². The van der Waals surface area contributed by atoms with Gasteiger partial charge < -0.3 is 16.2 Å². The third-order valence-corrected chi connectivity index (χ3v) is 3.06. The van der Waals surface area contributed by atoms with Crippen molar-refractivity contribution in [3.05, 3.63) is 41.7 Å². The molecule has 0 saturated heterocycles. The average molecular weight is 274 g/mol. The molecule has 0 bridgehead atoms. The monoisotopic (exact) mass is 274 g/mol. The number of aryl methyl sites for hydroxylation is 1. The molecule has 2 rings (SSSR count). The number of aromatic nitrogens is 2. The van der Waals surface area contributed by atoms with Crippen LogP contribution in [0.2, 0.25) is 0 Å². The van der Waals surface area contributed by atoms with Crippen molar-refractivity contribution in [1.82, 2.24) is 10.2 Å². The van der Waals surface area contributed by atoms with E-state index in [0.717, 1.165) is 11.3 Å². The van der Waals surface area contributed by atoms with Gasteiger partial charge in [0.05, 0.1) is 6.04 Å². The number of amides is 1. The molecule has 20 heavy (non-hydrogen) atoms. The number of nitrogens with two attached hydrogens (primary N) is 1. The second-order valence-electron chi connectivity index (χ2n) is 4.58. The summed E-state index contributed by atoms with van der Waals surface area (Å²) in [5, 5.41) is 18.8. The van der Waals surface area contributed by atoms with E-state index in [2.05, 4.69) is 15.5 Å². The number of phenolic OH excluding ortho intramolecular Hbond substituents is 1. The number of rotatable bonds is 5. The molecular formula is C14H18N4O2. The lowest BCUT2D eigenvalue weighted by Crippen LogP contribution is -2.37. The zero-order valence-electron chi connectivity index (χ0n) is 11.3. The molecule has 0 aliphatic rings. The summed E-state index contributed by atoms with van der Waals surface area (Å²) in [5.74, 6) is -0.0819. The highest BCUT2D eigenvalue weighted by Crippen LogP contribution is 2.21. The molecule has 2 aromatic rings. The van der Waals surface area contributed by atoms with E-state index >= 15 is 0 Å². The van der Waals surface area contributed by atoms with Crippen LogP contribution in [0.4, 0.5) is 5.69 Å². The number of carbonyl (C=O) groups is 1. The first-order valence-corrected chi connectivity index (χ1v) is 6.46. The third kappa shape index (κ3) is 3.36. The largest absolute Gasteiger partial charge is 0.508 e. The molecule has 0 spiro atoms. The molecule has 1 unspecified atom stereocenters. The van der Waals surface area contributed by atoms with Gasteiger partial charge in [0.25, 0.3) is 0 Å². The van der Waals surface area contributed by atoms with Crippen LogP contribution in [0, 0.1) is 0 Å². The van der Waals surface area contributed by atoms with Crippen LogP contribution >= 0.6 is 0 Å². The molecule has 0 radical (unpaired) electrons. The molecule has 1 aromatic carbocycles. The van der Waals surface area contributed by atoms with Crippen LogP contribution in [0.5, 0.6) is 5.75 Å². The molecule has 1 atom stereocenters. The van der Waals surface area contributed by atoms with Crippen molar-refractivity contribution in [1.29, 1.82) is 0 Å². The van der Waals surface area contributed by atoms with Gasteiger partial charge in [-0.25, -0.2) is 0 Å². The van der Waals surface area contributed by atoms with Crippen molar-refractivity contribution < 1.29 is 9.90 Å². The summed E-state index contributed by atoms with van der Waals surface area (Å²) in [5.41, 5.74) is 8.23. The molecule has 5 N–H and O–H groups in total. The molecule has 1 aromatic heterocycles. The predicted molar refractivity (Wildman–Crippen MR) is 76.4 cm³/mol. The van der Waals surface area contributed by atoms with Crippen LogP contribution in [-0.2, 0) is 17.6 Å². The highest BCUT2D eigenvalue weighted by molar-refractivity contribution is 5.95. The topological polar surface area (TPSA) is 104 Å². The van der Waals surface area contributed by atoms with Gasteiger partial charge in [0, 0.05) is 24.0 Å². The molecule has 0 saturated carbocycles. The zero-order valence-corrected chi connectivity index (χ0v) is 11.3. The van der Waals surface area contributed by atoms with E-state index in [1.165, 1.54) is 6.07 Å². The Morgan fingerprint density at radius 1 is 1.50 bits per heavy atom. The van der Waals surface area contributed by atoms with Crippen LogP contribution in [0.3, 0.4) is 0 Å². The van der Waals surface area contributed by atoms with Crippen molar-refractivity contribution >= 4 is 11.6 Å². The molecule has 1 amide bonds. The van der Waals surface area contributed by atoms with Crippen LogP contribution in [0.1, 0.15) is 18.2 Å².